The largest absolute Gasteiger partial charge is 0.143 e. The maximum atomic E-state index is 4.34. The molecule has 0 heterocycles. The molecule has 0 radical (unpaired) electrons. The van der Waals surface area contributed by atoms with Gasteiger partial charge in [-0.2, -0.15) is 0 Å². The van der Waals surface area contributed by atoms with Crippen molar-refractivity contribution in [1.29, 1.82) is 0 Å². The van der Waals surface area contributed by atoms with E-state index >= 15 is 0 Å². The lowest BCUT2D eigenvalue weighted by Crippen LogP contribution is -1.87. The van der Waals surface area contributed by atoms with Crippen LogP contribution in [0.3, 0.4) is 0 Å². The predicted octanol–water partition coefficient (Wildman–Crippen LogP) is 4.86. The highest BCUT2D eigenvalue weighted by Gasteiger charge is 1.99. The van der Waals surface area contributed by atoms with Crippen LogP contribution in [-0.4, -0.2) is 0 Å². The van der Waals surface area contributed by atoms with Gasteiger partial charge in [0.2, 0.25) is 0 Å². The Morgan fingerprint density at radius 2 is 2.00 bits per heavy atom. The second-order valence-electron chi connectivity index (χ2n) is 3.59. The number of hydrogen-bond donors (Lipinski definition) is 1. The molecule has 2 heteroatoms. The molecule has 78 valence electrons. The molecular weight excluding hydrogens is 256 g/mol. The minimum absolute atomic E-state index is 1.05. The zero-order valence-corrected chi connectivity index (χ0v) is 11.1. The molecule has 1 aromatic carbocycles. The van der Waals surface area contributed by atoms with Crippen molar-refractivity contribution in [3.05, 3.63) is 28.2 Å². The molecular formula is C12H17BrS. The number of hydrogen-bond acceptors (Lipinski definition) is 1. The van der Waals surface area contributed by atoms with Crippen LogP contribution >= 0.6 is 28.6 Å². The standard InChI is InChI=1S/C12H17BrS/c1-2-3-4-5-6-10-9-11(14)7-8-12(10)13/h7-9,14H,2-6H2,1H3. The maximum absolute atomic E-state index is 4.34. The highest BCUT2D eigenvalue weighted by molar-refractivity contribution is 9.10. The van der Waals surface area contributed by atoms with Crippen LogP contribution in [0.1, 0.15) is 38.2 Å². The molecule has 0 N–H and O–H groups in total. The molecule has 0 aliphatic rings. The van der Waals surface area contributed by atoms with Crippen molar-refractivity contribution < 1.29 is 0 Å². The molecule has 0 amide bonds. The molecule has 0 saturated heterocycles. The van der Waals surface area contributed by atoms with E-state index in [1.165, 1.54) is 35.7 Å². The Morgan fingerprint density at radius 3 is 2.71 bits per heavy atom. The summed E-state index contributed by atoms with van der Waals surface area (Å²) < 4.78 is 1.21. The monoisotopic (exact) mass is 272 g/mol. The Labute approximate surface area is 101 Å². The van der Waals surface area contributed by atoms with Crippen molar-refractivity contribution in [3.63, 3.8) is 0 Å². The van der Waals surface area contributed by atoms with E-state index in [-0.39, 0.29) is 0 Å². The summed E-state index contributed by atoms with van der Waals surface area (Å²) in [6.45, 7) is 2.24. The third-order valence-electron chi connectivity index (χ3n) is 2.33. The number of aryl methyl sites for hydroxylation is 1. The van der Waals surface area contributed by atoms with E-state index in [0.717, 1.165) is 11.3 Å². The minimum Gasteiger partial charge on any atom is -0.143 e. The van der Waals surface area contributed by atoms with Gasteiger partial charge in [-0.05, 0) is 36.6 Å². The molecule has 0 aromatic heterocycles. The van der Waals surface area contributed by atoms with Gasteiger partial charge in [-0.1, -0.05) is 42.1 Å². The Balaban J connectivity index is 2.45. The van der Waals surface area contributed by atoms with E-state index in [4.69, 9.17) is 0 Å². The van der Waals surface area contributed by atoms with Crippen LogP contribution in [0.15, 0.2) is 27.6 Å². The molecule has 0 bridgehead atoms. The highest BCUT2D eigenvalue weighted by Crippen LogP contribution is 2.22. The van der Waals surface area contributed by atoms with E-state index in [0.29, 0.717) is 0 Å². The molecule has 0 fully saturated rings. The van der Waals surface area contributed by atoms with Gasteiger partial charge in [0.25, 0.3) is 0 Å². The first-order chi connectivity index (χ1) is 6.74. The van der Waals surface area contributed by atoms with Crippen LogP contribution in [0, 0.1) is 0 Å². The van der Waals surface area contributed by atoms with Crippen molar-refractivity contribution >= 4 is 28.6 Å². The van der Waals surface area contributed by atoms with Crippen LogP contribution in [0.2, 0.25) is 0 Å². The van der Waals surface area contributed by atoms with Crippen LogP contribution in [0.5, 0.6) is 0 Å². The first kappa shape index (κ1) is 12.1. The van der Waals surface area contributed by atoms with Gasteiger partial charge < -0.3 is 0 Å². The average molecular weight is 273 g/mol. The SMILES string of the molecule is CCCCCCc1cc(S)ccc1Br. The fourth-order valence-electron chi connectivity index (χ4n) is 1.49. The van der Waals surface area contributed by atoms with Crippen molar-refractivity contribution in [2.45, 2.75) is 43.9 Å². The second-order valence-corrected chi connectivity index (χ2v) is 4.96. The zero-order chi connectivity index (χ0) is 10.4. The van der Waals surface area contributed by atoms with E-state index in [2.05, 4.69) is 47.6 Å². The number of halogens is 1. The minimum atomic E-state index is 1.05. The van der Waals surface area contributed by atoms with Crippen molar-refractivity contribution in [1.82, 2.24) is 0 Å². The van der Waals surface area contributed by atoms with E-state index in [1.54, 1.807) is 0 Å². The summed E-state index contributed by atoms with van der Waals surface area (Å²) in [5, 5.41) is 0. The Hall–Kier alpha value is 0.0500. The summed E-state index contributed by atoms with van der Waals surface area (Å²) in [5.74, 6) is 0. The lowest BCUT2D eigenvalue weighted by molar-refractivity contribution is 0.665. The summed E-state index contributed by atoms with van der Waals surface area (Å²) in [6, 6.07) is 6.25. The van der Waals surface area contributed by atoms with Gasteiger partial charge in [-0.25, -0.2) is 0 Å². The first-order valence-corrected chi connectivity index (χ1v) is 6.45. The topological polar surface area (TPSA) is 0 Å². The lowest BCUT2D eigenvalue weighted by Gasteiger charge is -2.05. The van der Waals surface area contributed by atoms with Crippen LogP contribution in [-0.2, 0) is 6.42 Å². The molecule has 0 spiro atoms. The number of unbranched alkanes of at least 4 members (excludes halogenated alkanes) is 3. The van der Waals surface area contributed by atoms with E-state index in [1.807, 2.05) is 6.07 Å². The zero-order valence-electron chi connectivity index (χ0n) is 8.59. The van der Waals surface area contributed by atoms with Crippen molar-refractivity contribution in [2.75, 3.05) is 0 Å². The molecule has 14 heavy (non-hydrogen) atoms. The third kappa shape index (κ3) is 4.05. The second kappa shape index (κ2) is 6.52. The fourth-order valence-corrected chi connectivity index (χ4v) is 2.17. The molecule has 0 saturated carbocycles. The molecule has 0 aliphatic carbocycles. The Kier molecular flexibility index (Phi) is 5.64. The van der Waals surface area contributed by atoms with E-state index in [9.17, 15) is 0 Å². The third-order valence-corrected chi connectivity index (χ3v) is 3.38. The number of benzene rings is 1. The summed E-state index contributed by atoms with van der Waals surface area (Å²) >= 11 is 7.91. The summed E-state index contributed by atoms with van der Waals surface area (Å²) in [5.41, 5.74) is 1.38. The summed E-state index contributed by atoms with van der Waals surface area (Å²) in [4.78, 5) is 1.05. The number of rotatable bonds is 5. The normalized spacial score (nSPS) is 10.5. The smallest absolute Gasteiger partial charge is 0.0208 e. The summed E-state index contributed by atoms with van der Waals surface area (Å²) in [7, 11) is 0. The van der Waals surface area contributed by atoms with Gasteiger partial charge in [-0.3, -0.25) is 0 Å². The molecule has 0 unspecified atom stereocenters. The quantitative estimate of drug-likeness (QED) is 0.574. The van der Waals surface area contributed by atoms with E-state index < -0.39 is 0 Å². The predicted molar refractivity (Wildman–Crippen MR) is 69.2 cm³/mol. The summed E-state index contributed by atoms with van der Waals surface area (Å²) in [6.07, 6.45) is 6.42. The molecule has 0 nitrogen and oxygen atoms in total. The van der Waals surface area contributed by atoms with Gasteiger partial charge >= 0.3 is 0 Å². The van der Waals surface area contributed by atoms with Gasteiger partial charge in [0.1, 0.15) is 0 Å². The van der Waals surface area contributed by atoms with Crippen molar-refractivity contribution in [3.8, 4) is 0 Å². The molecule has 0 atom stereocenters. The molecule has 0 aliphatic heterocycles. The maximum Gasteiger partial charge on any atom is 0.0208 e. The first-order valence-electron chi connectivity index (χ1n) is 5.21. The molecule has 1 rings (SSSR count). The number of thiol groups is 1. The van der Waals surface area contributed by atoms with Crippen LogP contribution in [0.25, 0.3) is 0 Å². The van der Waals surface area contributed by atoms with Gasteiger partial charge in [0.15, 0.2) is 0 Å². The fraction of sp³-hybridized carbons (Fsp3) is 0.500. The van der Waals surface area contributed by atoms with Crippen LogP contribution < -0.4 is 0 Å². The average Bonchev–Trinajstić information content (AvgIpc) is 2.18. The Bertz CT molecular complexity index is 284. The van der Waals surface area contributed by atoms with Crippen molar-refractivity contribution in [2.24, 2.45) is 0 Å². The van der Waals surface area contributed by atoms with Crippen LogP contribution in [0.4, 0.5) is 0 Å². The van der Waals surface area contributed by atoms with Gasteiger partial charge in [0.05, 0.1) is 0 Å². The van der Waals surface area contributed by atoms with Gasteiger partial charge in [0, 0.05) is 9.37 Å². The molecule has 1 aromatic rings. The lowest BCUT2D eigenvalue weighted by atomic mass is 10.1. The highest BCUT2D eigenvalue weighted by atomic mass is 79.9. The van der Waals surface area contributed by atoms with Gasteiger partial charge in [-0.15, -0.1) is 12.6 Å². The Morgan fingerprint density at radius 1 is 1.21 bits per heavy atom.